The molecule has 3 nitrogen and oxygen atoms in total. The molecule has 0 aromatic carbocycles. The predicted octanol–water partition coefficient (Wildman–Crippen LogP) is 2.34. The van der Waals surface area contributed by atoms with Gasteiger partial charge in [0.1, 0.15) is 4.88 Å². The quantitative estimate of drug-likeness (QED) is 0.812. The molecule has 1 aromatic rings. The Balaban J connectivity index is 1.97. The number of hydrogen-bond acceptors (Lipinski definition) is 3. The second-order valence-corrected chi connectivity index (χ2v) is 5.57. The monoisotopic (exact) mass is 244 g/mol. The molecule has 1 N–H and O–H groups in total. The molecule has 1 fully saturated rings. The van der Waals surface area contributed by atoms with Crippen LogP contribution < -0.4 is 5.32 Å². The highest BCUT2D eigenvalue weighted by Gasteiger charge is 2.27. The number of halogens is 1. The van der Waals surface area contributed by atoms with Crippen LogP contribution in [0.25, 0.3) is 0 Å². The van der Waals surface area contributed by atoms with Gasteiger partial charge in [-0.05, 0) is 26.2 Å². The highest BCUT2D eigenvalue weighted by Crippen LogP contribution is 2.24. The number of aryl methyl sites for hydroxylation is 1. The van der Waals surface area contributed by atoms with E-state index in [1.54, 1.807) is 6.20 Å². The van der Waals surface area contributed by atoms with Gasteiger partial charge >= 0.3 is 0 Å². The lowest BCUT2D eigenvalue weighted by molar-refractivity contribution is 0.0942. The van der Waals surface area contributed by atoms with E-state index in [4.69, 9.17) is 11.6 Å². The summed E-state index contributed by atoms with van der Waals surface area (Å²) in [7, 11) is 0. The third kappa shape index (κ3) is 2.49. The summed E-state index contributed by atoms with van der Waals surface area (Å²) in [6.45, 7) is 1.89. The van der Waals surface area contributed by atoms with E-state index in [0.29, 0.717) is 4.88 Å². The van der Waals surface area contributed by atoms with E-state index in [0.717, 1.165) is 24.3 Å². The van der Waals surface area contributed by atoms with Crippen LogP contribution in [0.2, 0.25) is 0 Å². The summed E-state index contributed by atoms with van der Waals surface area (Å²) in [4.78, 5) is 16.5. The van der Waals surface area contributed by atoms with Gasteiger partial charge in [-0.3, -0.25) is 4.79 Å². The minimum atomic E-state index is -0.0434. The Morgan fingerprint density at radius 2 is 2.47 bits per heavy atom. The van der Waals surface area contributed by atoms with Crippen LogP contribution in [-0.2, 0) is 0 Å². The molecule has 1 aliphatic rings. The minimum absolute atomic E-state index is 0.0434. The van der Waals surface area contributed by atoms with Crippen molar-refractivity contribution in [1.82, 2.24) is 10.3 Å². The van der Waals surface area contributed by atoms with Crippen molar-refractivity contribution in [2.24, 2.45) is 0 Å². The molecule has 1 heterocycles. The van der Waals surface area contributed by atoms with Gasteiger partial charge in [0.2, 0.25) is 0 Å². The van der Waals surface area contributed by atoms with Crippen LogP contribution in [0.5, 0.6) is 0 Å². The highest BCUT2D eigenvalue weighted by atomic mass is 35.5. The van der Waals surface area contributed by atoms with Crippen molar-refractivity contribution in [3.05, 3.63) is 16.1 Å². The van der Waals surface area contributed by atoms with E-state index in [2.05, 4.69) is 10.3 Å². The zero-order valence-electron chi connectivity index (χ0n) is 8.50. The van der Waals surface area contributed by atoms with E-state index in [9.17, 15) is 4.79 Å². The third-order valence-corrected chi connectivity index (χ3v) is 4.03. The molecule has 1 amide bonds. The van der Waals surface area contributed by atoms with Gasteiger partial charge in [0.25, 0.3) is 5.91 Å². The number of alkyl halides is 1. The van der Waals surface area contributed by atoms with Gasteiger partial charge in [0, 0.05) is 6.04 Å². The van der Waals surface area contributed by atoms with Gasteiger partial charge in [0.05, 0.1) is 16.6 Å². The molecule has 15 heavy (non-hydrogen) atoms. The normalized spacial score (nSPS) is 25.5. The number of nitrogens with one attached hydrogen (secondary N) is 1. The SMILES string of the molecule is Cc1ncc(C(=O)NC2CCCC2Cl)s1. The number of carbonyl (C=O) groups is 1. The Morgan fingerprint density at radius 1 is 1.67 bits per heavy atom. The summed E-state index contributed by atoms with van der Waals surface area (Å²) in [5.41, 5.74) is 0. The smallest absolute Gasteiger partial charge is 0.263 e. The Bertz CT molecular complexity index is 366. The van der Waals surface area contributed by atoms with Gasteiger partial charge < -0.3 is 5.32 Å². The van der Waals surface area contributed by atoms with E-state index in [1.165, 1.54) is 11.3 Å². The first kappa shape index (κ1) is 10.9. The molecule has 0 bridgehead atoms. The summed E-state index contributed by atoms with van der Waals surface area (Å²) < 4.78 is 0. The van der Waals surface area contributed by atoms with Crippen LogP contribution in [0.4, 0.5) is 0 Å². The maximum Gasteiger partial charge on any atom is 0.263 e. The lowest BCUT2D eigenvalue weighted by Crippen LogP contribution is -2.37. The van der Waals surface area contributed by atoms with Crippen LogP contribution in [0.3, 0.4) is 0 Å². The van der Waals surface area contributed by atoms with E-state index >= 15 is 0 Å². The largest absolute Gasteiger partial charge is 0.347 e. The van der Waals surface area contributed by atoms with E-state index in [1.807, 2.05) is 6.92 Å². The van der Waals surface area contributed by atoms with Crippen molar-refractivity contribution < 1.29 is 4.79 Å². The van der Waals surface area contributed by atoms with Gasteiger partial charge in [0.15, 0.2) is 0 Å². The molecule has 5 heteroatoms. The van der Waals surface area contributed by atoms with Crippen molar-refractivity contribution in [2.45, 2.75) is 37.6 Å². The highest BCUT2D eigenvalue weighted by molar-refractivity contribution is 7.13. The van der Waals surface area contributed by atoms with Gasteiger partial charge in [-0.1, -0.05) is 0 Å². The molecule has 1 saturated carbocycles. The molecule has 0 radical (unpaired) electrons. The van der Waals surface area contributed by atoms with Gasteiger partial charge in [-0.15, -0.1) is 22.9 Å². The number of thiazole rings is 1. The van der Waals surface area contributed by atoms with Crippen LogP contribution in [-0.4, -0.2) is 22.3 Å². The van der Waals surface area contributed by atoms with Crippen LogP contribution in [0, 0.1) is 6.92 Å². The first-order valence-electron chi connectivity index (χ1n) is 5.04. The van der Waals surface area contributed by atoms with Crippen molar-refractivity contribution in [2.75, 3.05) is 0 Å². The van der Waals surface area contributed by atoms with Crippen molar-refractivity contribution in [3.8, 4) is 0 Å². The standard InChI is InChI=1S/C10H13ClN2OS/c1-6-12-5-9(15-6)10(14)13-8-4-2-3-7(8)11/h5,7-8H,2-4H2,1H3,(H,13,14). The molecule has 2 atom stereocenters. The number of carbonyl (C=O) groups excluding carboxylic acids is 1. The number of amides is 1. The first-order chi connectivity index (χ1) is 7.16. The molecule has 0 aliphatic heterocycles. The molecule has 1 aliphatic carbocycles. The fourth-order valence-corrected chi connectivity index (χ4v) is 2.81. The fraction of sp³-hybridized carbons (Fsp3) is 0.600. The molecule has 2 rings (SSSR count). The molecular formula is C10H13ClN2OS. The second kappa shape index (κ2) is 4.49. The van der Waals surface area contributed by atoms with Gasteiger partial charge in [-0.25, -0.2) is 4.98 Å². The Kier molecular flexibility index (Phi) is 3.26. The fourth-order valence-electron chi connectivity index (χ4n) is 1.78. The Labute approximate surface area is 97.9 Å². The van der Waals surface area contributed by atoms with Crippen LogP contribution in [0.1, 0.15) is 33.9 Å². The minimum Gasteiger partial charge on any atom is -0.347 e. The average molecular weight is 245 g/mol. The number of hydrogen-bond donors (Lipinski definition) is 1. The lowest BCUT2D eigenvalue weighted by atomic mass is 10.2. The molecule has 0 saturated heterocycles. The summed E-state index contributed by atoms with van der Waals surface area (Å²) in [6, 6.07) is 0.126. The molecule has 0 spiro atoms. The molecule has 1 aromatic heterocycles. The van der Waals surface area contributed by atoms with E-state index in [-0.39, 0.29) is 17.3 Å². The van der Waals surface area contributed by atoms with Crippen molar-refractivity contribution >= 4 is 28.8 Å². The summed E-state index contributed by atoms with van der Waals surface area (Å²) in [6.07, 6.45) is 4.69. The zero-order chi connectivity index (χ0) is 10.8. The molecule has 2 unspecified atom stereocenters. The summed E-state index contributed by atoms with van der Waals surface area (Å²) in [5, 5.41) is 3.95. The maximum absolute atomic E-state index is 11.8. The van der Waals surface area contributed by atoms with Crippen molar-refractivity contribution in [1.29, 1.82) is 0 Å². The first-order valence-corrected chi connectivity index (χ1v) is 6.29. The van der Waals surface area contributed by atoms with Crippen molar-refractivity contribution in [3.63, 3.8) is 0 Å². The summed E-state index contributed by atoms with van der Waals surface area (Å²) in [5.74, 6) is -0.0434. The Hall–Kier alpha value is -0.610. The van der Waals surface area contributed by atoms with E-state index < -0.39 is 0 Å². The lowest BCUT2D eigenvalue weighted by Gasteiger charge is -2.14. The maximum atomic E-state index is 11.8. The topological polar surface area (TPSA) is 42.0 Å². The third-order valence-electron chi connectivity index (χ3n) is 2.59. The Morgan fingerprint density at radius 3 is 3.00 bits per heavy atom. The molecular weight excluding hydrogens is 232 g/mol. The summed E-state index contributed by atoms with van der Waals surface area (Å²) >= 11 is 7.50. The number of aromatic nitrogens is 1. The molecule has 82 valence electrons. The second-order valence-electron chi connectivity index (χ2n) is 3.77. The van der Waals surface area contributed by atoms with Crippen LogP contribution >= 0.6 is 22.9 Å². The van der Waals surface area contributed by atoms with Gasteiger partial charge in [-0.2, -0.15) is 0 Å². The van der Waals surface area contributed by atoms with Crippen LogP contribution in [0.15, 0.2) is 6.20 Å². The number of rotatable bonds is 2. The zero-order valence-corrected chi connectivity index (χ0v) is 10.1. The average Bonchev–Trinajstić information content (AvgIpc) is 2.77. The number of nitrogens with zero attached hydrogens (tertiary/aromatic N) is 1. The predicted molar refractivity (Wildman–Crippen MR) is 61.6 cm³/mol.